The van der Waals surface area contributed by atoms with E-state index in [2.05, 4.69) is 0 Å². The van der Waals surface area contributed by atoms with E-state index in [1.807, 2.05) is 30.0 Å². The van der Waals surface area contributed by atoms with Crippen LogP contribution in [0.5, 0.6) is 0 Å². The quantitative estimate of drug-likeness (QED) is 0.517. The van der Waals surface area contributed by atoms with Crippen LogP contribution in [0.25, 0.3) is 0 Å². The molecule has 0 saturated carbocycles. The number of nitro benzene ring substituents is 1. The van der Waals surface area contributed by atoms with Gasteiger partial charge in [0.1, 0.15) is 0 Å². The van der Waals surface area contributed by atoms with Crippen LogP contribution in [0, 0.1) is 10.1 Å². The number of hydrogen-bond acceptors (Lipinski definition) is 4. The number of carbonyl (C=O) groups is 1. The number of halogens is 1. The average molecular weight is 391 g/mol. The molecule has 1 amide bonds. The molecule has 1 atom stereocenters. The van der Waals surface area contributed by atoms with Crippen molar-refractivity contribution < 1.29 is 9.72 Å². The largest absolute Gasteiger partial charge is 0.336 e. The number of amides is 1. The van der Waals surface area contributed by atoms with Crippen molar-refractivity contribution in [2.45, 2.75) is 42.0 Å². The molecule has 1 aliphatic rings. The summed E-state index contributed by atoms with van der Waals surface area (Å²) in [7, 11) is 0. The molecule has 3 rings (SSSR count). The number of nitrogens with zero attached hydrogens (tertiary/aromatic N) is 2. The van der Waals surface area contributed by atoms with Crippen LogP contribution in [0.3, 0.4) is 0 Å². The van der Waals surface area contributed by atoms with Crippen molar-refractivity contribution in [1.29, 1.82) is 0 Å². The Labute approximate surface area is 161 Å². The Morgan fingerprint density at radius 2 is 2.00 bits per heavy atom. The number of piperidine rings is 1. The van der Waals surface area contributed by atoms with Crippen molar-refractivity contribution >= 4 is 35.0 Å². The highest BCUT2D eigenvalue weighted by Crippen LogP contribution is 2.38. The van der Waals surface area contributed by atoms with Crippen LogP contribution in [-0.2, 0) is 0 Å². The highest BCUT2D eigenvalue weighted by molar-refractivity contribution is 7.99. The smallest absolute Gasteiger partial charge is 0.284 e. The van der Waals surface area contributed by atoms with Crippen LogP contribution < -0.4 is 0 Å². The molecule has 0 aromatic heterocycles. The average Bonchev–Trinajstić information content (AvgIpc) is 2.63. The third kappa shape index (κ3) is 4.02. The first-order valence-corrected chi connectivity index (χ1v) is 9.68. The first kappa shape index (κ1) is 18.7. The van der Waals surface area contributed by atoms with Gasteiger partial charge in [-0.2, -0.15) is 0 Å². The molecular weight excluding hydrogens is 372 g/mol. The topological polar surface area (TPSA) is 63.5 Å². The van der Waals surface area contributed by atoms with Gasteiger partial charge in [-0.3, -0.25) is 14.9 Å². The van der Waals surface area contributed by atoms with Crippen molar-refractivity contribution in [2.24, 2.45) is 0 Å². The maximum Gasteiger partial charge on any atom is 0.284 e. The lowest BCUT2D eigenvalue weighted by atomic mass is 10.0. The van der Waals surface area contributed by atoms with Crippen LogP contribution in [0.1, 0.15) is 36.5 Å². The van der Waals surface area contributed by atoms with E-state index in [1.54, 1.807) is 18.2 Å². The zero-order chi connectivity index (χ0) is 18.7. The second-order valence-corrected chi connectivity index (χ2v) is 7.81. The molecule has 0 aliphatic carbocycles. The minimum absolute atomic E-state index is 0.0783. The summed E-state index contributed by atoms with van der Waals surface area (Å²) in [4.78, 5) is 26.9. The Kier molecular flexibility index (Phi) is 5.84. The van der Waals surface area contributed by atoms with E-state index < -0.39 is 4.92 Å². The van der Waals surface area contributed by atoms with Gasteiger partial charge >= 0.3 is 0 Å². The molecule has 0 radical (unpaired) electrons. The van der Waals surface area contributed by atoms with Gasteiger partial charge in [0.2, 0.25) is 0 Å². The van der Waals surface area contributed by atoms with Crippen LogP contribution >= 0.6 is 23.4 Å². The molecule has 7 heteroatoms. The molecule has 0 N–H and O–H groups in total. The van der Waals surface area contributed by atoms with E-state index in [9.17, 15) is 14.9 Å². The molecule has 1 heterocycles. The van der Waals surface area contributed by atoms with Gasteiger partial charge < -0.3 is 4.90 Å². The predicted molar refractivity (Wildman–Crippen MR) is 103 cm³/mol. The van der Waals surface area contributed by atoms with Gasteiger partial charge in [0, 0.05) is 29.1 Å². The molecule has 1 aliphatic heterocycles. The number of rotatable bonds is 4. The summed E-state index contributed by atoms with van der Waals surface area (Å²) < 4.78 is 0. The van der Waals surface area contributed by atoms with Gasteiger partial charge in [-0.05, 0) is 50.5 Å². The minimum Gasteiger partial charge on any atom is -0.336 e. The molecule has 0 spiro atoms. The van der Waals surface area contributed by atoms with Gasteiger partial charge in [0.05, 0.1) is 14.8 Å². The zero-order valence-electron chi connectivity index (χ0n) is 14.4. The summed E-state index contributed by atoms with van der Waals surface area (Å²) in [6.07, 6.45) is 3.05. The van der Waals surface area contributed by atoms with Crippen LogP contribution in [0.2, 0.25) is 5.02 Å². The fraction of sp³-hybridized carbons (Fsp3) is 0.316. The normalized spacial score (nSPS) is 17.2. The monoisotopic (exact) mass is 390 g/mol. The van der Waals surface area contributed by atoms with Gasteiger partial charge in [0.15, 0.2) is 0 Å². The maximum atomic E-state index is 12.8. The van der Waals surface area contributed by atoms with Crippen molar-refractivity contribution in [3.05, 3.63) is 63.2 Å². The SMILES string of the molecule is C[C@@H]1CCCCN1C(=O)c1ccc(Sc2ccccc2Cl)c([N+](=O)[O-])c1. The number of carbonyl (C=O) groups excluding carboxylic acids is 1. The Morgan fingerprint density at radius 1 is 1.23 bits per heavy atom. The van der Waals surface area contributed by atoms with Crippen molar-refractivity contribution in [2.75, 3.05) is 6.54 Å². The van der Waals surface area contributed by atoms with E-state index in [-0.39, 0.29) is 17.6 Å². The number of likely N-dealkylation sites (tertiary alicyclic amines) is 1. The van der Waals surface area contributed by atoms with E-state index >= 15 is 0 Å². The molecular formula is C19H19ClN2O3S. The molecule has 1 fully saturated rings. The van der Waals surface area contributed by atoms with Crippen LogP contribution in [0.4, 0.5) is 5.69 Å². The van der Waals surface area contributed by atoms with Gasteiger partial charge in [-0.1, -0.05) is 35.5 Å². The Balaban J connectivity index is 1.90. The second-order valence-electron chi connectivity index (χ2n) is 6.32. The van der Waals surface area contributed by atoms with Gasteiger partial charge in [0.25, 0.3) is 11.6 Å². The summed E-state index contributed by atoms with van der Waals surface area (Å²) in [5.41, 5.74) is 0.277. The van der Waals surface area contributed by atoms with Crippen molar-refractivity contribution in [3.8, 4) is 0 Å². The second kappa shape index (κ2) is 8.10. The maximum absolute atomic E-state index is 12.8. The Morgan fingerprint density at radius 3 is 2.69 bits per heavy atom. The third-order valence-corrected chi connectivity index (χ3v) is 6.11. The standard InChI is InChI=1S/C19H19ClN2O3S/c1-13-6-4-5-11-21(13)19(23)14-9-10-18(16(12-14)22(24)25)26-17-8-3-2-7-15(17)20/h2-3,7-10,12-13H,4-6,11H2,1H3/t13-/m1/s1. The number of benzene rings is 2. The fourth-order valence-electron chi connectivity index (χ4n) is 3.09. The number of hydrogen-bond donors (Lipinski definition) is 0. The molecule has 0 unspecified atom stereocenters. The summed E-state index contributed by atoms with van der Waals surface area (Å²) in [5, 5.41) is 12.1. The van der Waals surface area contributed by atoms with E-state index in [0.717, 1.165) is 24.2 Å². The molecule has 5 nitrogen and oxygen atoms in total. The Hall–Kier alpha value is -2.05. The summed E-state index contributed by atoms with van der Waals surface area (Å²) in [6, 6.07) is 12.0. The molecule has 1 saturated heterocycles. The molecule has 26 heavy (non-hydrogen) atoms. The first-order chi connectivity index (χ1) is 12.5. The fourth-order valence-corrected chi connectivity index (χ4v) is 4.27. The Bertz CT molecular complexity index is 843. The van der Waals surface area contributed by atoms with E-state index in [0.29, 0.717) is 22.0 Å². The van der Waals surface area contributed by atoms with Gasteiger partial charge in [-0.25, -0.2) is 0 Å². The minimum atomic E-state index is -0.449. The molecule has 2 aromatic rings. The summed E-state index contributed by atoms with van der Waals surface area (Å²) in [6.45, 7) is 2.72. The third-order valence-electron chi connectivity index (χ3n) is 4.52. The van der Waals surface area contributed by atoms with Gasteiger partial charge in [-0.15, -0.1) is 0 Å². The lowest BCUT2D eigenvalue weighted by Crippen LogP contribution is -2.42. The highest BCUT2D eigenvalue weighted by Gasteiger charge is 2.26. The first-order valence-electron chi connectivity index (χ1n) is 8.49. The van der Waals surface area contributed by atoms with Crippen molar-refractivity contribution in [3.63, 3.8) is 0 Å². The predicted octanol–water partition coefficient (Wildman–Crippen LogP) is 5.41. The van der Waals surface area contributed by atoms with E-state index in [1.165, 1.54) is 17.8 Å². The number of nitro groups is 1. The van der Waals surface area contributed by atoms with Crippen LogP contribution in [0.15, 0.2) is 52.3 Å². The summed E-state index contributed by atoms with van der Waals surface area (Å²) in [5.74, 6) is -0.144. The molecule has 136 valence electrons. The molecule has 0 bridgehead atoms. The zero-order valence-corrected chi connectivity index (χ0v) is 15.9. The lowest BCUT2D eigenvalue weighted by Gasteiger charge is -2.33. The van der Waals surface area contributed by atoms with E-state index in [4.69, 9.17) is 11.6 Å². The van der Waals surface area contributed by atoms with Crippen molar-refractivity contribution in [1.82, 2.24) is 4.90 Å². The summed E-state index contributed by atoms with van der Waals surface area (Å²) >= 11 is 7.38. The lowest BCUT2D eigenvalue weighted by molar-refractivity contribution is -0.387. The highest BCUT2D eigenvalue weighted by atomic mass is 35.5. The molecule has 2 aromatic carbocycles. The van der Waals surface area contributed by atoms with Crippen LogP contribution in [-0.4, -0.2) is 28.3 Å².